The molecule has 1 saturated carbocycles. The van der Waals surface area contributed by atoms with Gasteiger partial charge in [-0.25, -0.2) is 0 Å². The Bertz CT molecular complexity index is 234. The quantitative estimate of drug-likeness (QED) is 0.803. The van der Waals surface area contributed by atoms with Gasteiger partial charge in [-0.05, 0) is 53.4 Å². The van der Waals surface area contributed by atoms with Gasteiger partial charge < -0.3 is 10.2 Å². The number of rotatable bonds is 4. The molecule has 0 aromatic rings. The van der Waals surface area contributed by atoms with Crippen LogP contribution >= 0.6 is 0 Å². The molecule has 0 aromatic carbocycles. The van der Waals surface area contributed by atoms with Gasteiger partial charge in [0.05, 0.1) is 0 Å². The summed E-state index contributed by atoms with van der Waals surface area (Å²) in [6.45, 7) is 3.82. The van der Waals surface area contributed by atoms with Crippen LogP contribution in [0.2, 0.25) is 0 Å². The predicted octanol–water partition coefficient (Wildman–Crippen LogP) is 1.54. The lowest BCUT2D eigenvalue weighted by Gasteiger charge is -2.43. The normalized spacial score (nSPS) is 30.0. The molecule has 0 amide bonds. The van der Waals surface area contributed by atoms with Crippen LogP contribution in [-0.2, 0) is 0 Å². The van der Waals surface area contributed by atoms with E-state index >= 15 is 0 Å². The largest absolute Gasteiger partial charge is 0.316 e. The molecule has 2 aliphatic rings. The smallest absolute Gasteiger partial charge is 0.0330 e. The second kappa shape index (κ2) is 5.68. The first-order chi connectivity index (χ1) is 8.16. The third-order valence-corrected chi connectivity index (χ3v) is 4.91. The number of nitrogens with one attached hydrogen (secondary N) is 1. The van der Waals surface area contributed by atoms with Gasteiger partial charge >= 0.3 is 0 Å². The van der Waals surface area contributed by atoms with Crippen LogP contribution in [0.25, 0.3) is 0 Å². The molecule has 3 nitrogen and oxygen atoms in total. The van der Waals surface area contributed by atoms with Crippen molar-refractivity contribution in [3.05, 3.63) is 0 Å². The standard InChI is InChI=1S/C14H29N3/c1-15-13-7-6-10-17(11-13)12-14(16(2)3)8-4-5-9-14/h13,15H,4-12H2,1-3H3. The van der Waals surface area contributed by atoms with Crippen LogP contribution in [0.3, 0.4) is 0 Å². The van der Waals surface area contributed by atoms with Gasteiger partial charge in [0.1, 0.15) is 0 Å². The van der Waals surface area contributed by atoms with Crippen molar-refractivity contribution in [3.63, 3.8) is 0 Å². The summed E-state index contributed by atoms with van der Waals surface area (Å²) in [5.41, 5.74) is 0.468. The maximum absolute atomic E-state index is 3.45. The van der Waals surface area contributed by atoms with Crippen LogP contribution in [0.4, 0.5) is 0 Å². The van der Waals surface area contributed by atoms with Gasteiger partial charge in [0.2, 0.25) is 0 Å². The highest BCUT2D eigenvalue weighted by atomic mass is 15.2. The third kappa shape index (κ3) is 3.01. The van der Waals surface area contributed by atoms with Crippen LogP contribution < -0.4 is 5.32 Å². The van der Waals surface area contributed by atoms with Crippen molar-refractivity contribution in [2.24, 2.45) is 0 Å². The predicted molar refractivity (Wildman–Crippen MR) is 73.4 cm³/mol. The van der Waals surface area contributed by atoms with E-state index in [0.717, 1.165) is 0 Å². The lowest BCUT2D eigenvalue weighted by atomic mass is 9.93. The summed E-state index contributed by atoms with van der Waals surface area (Å²) < 4.78 is 0. The minimum atomic E-state index is 0.468. The number of hydrogen-bond donors (Lipinski definition) is 1. The van der Waals surface area contributed by atoms with E-state index in [1.54, 1.807) is 0 Å². The summed E-state index contributed by atoms with van der Waals surface area (Å²) in [6, 6.07) is 0.712. The van der Waals surface area contributed by atoms with Crippen molar-refractivity contribution in [2.75, 3.05) is 40.8 Å². The Morgan fingerprint density at radius 3 is 2.53 bits per heavy atom. The summed E-state index contributed by atoms with van der Waals surface area (Å²) in [7, 11) is 6.64. The maximum atomic E-state index is 3.45. The van der Waals surface area contributed by atoms with Crippen molar-refractivity contribution in [2.45, 2.75) is 50.1 Å². The lowest BCUT2D eigenvalue weighted by Crippen LogP contribution is -2.54. The van der Waals surface area contributed by atoms with Gasteiger partial charge in [0.25, 0.3) is 0 Å². The van der Waals surface area contributed by atoms with Crippen molar-refractivity contribution in [1.29, 1.82) is 0 Å². The van der Waals surface area contributed by atoms with E-state index < -0.39 is 0 Å². The molecule has 1 aliphatic carbocycles. The van der Waals surface area contributed by atoms with Crippen LogP contribution in [0.5, 0.6) is 0 Å². The van der Waals surface area contributed by atoms with Gasteiger partial charge in [-0.15, -0.1) is 0 Å². The van der Waals surface area contributed by atoms with Crippen LogP contribution in [0.1, 0.15) is 38.5 Å². The zero-order valence-electron chi connectivity index (χ0n) is 11.8. The molecule has 2 rings (SSSR count). The van der Waals surface area contributed by atoms with Crippen LogP contribution in [0.15, 0.2) is 0 Å². The average molecular weight is 239 g/mol. The fraction of sp³-hybridized carbons (Fsp3) is 1.00. The topological polar surface area (TPSA) is 18.5 Å². The maximum Gasteiger partial charge on any atom is 0.0330 e. The monoisotopic (exact) mass is 239 g/mol. The minimum Gasteiger partial charge on any atom is -0.316 e. The Labute approximate surface area is 107 Å². The molecule has 2 fully saturated rings. The Kier molecular flexibility index (Phi) is 4.45. The lowest BCUT2D eigenvalue weighted by molar-refractivity contribution is 0.0747. The minimum absolute atomic E-state index is 0.468. The molecule has 17 heavy (non-hydrogen) atoms. The Morgan fingerprint density at radius 1 is 1.24 bits per heavy atom. The number of nitrogens with zero attached hydrogens (tertiary/aromatic N) is 2. The fourth-order valence-corrected chi connectivity index (χ4v) is 3.63. The molecule has 0 aromatic heterocycles. The first kappa shape index (κ1) is 13.3. The number of hydrogen-bond acceptors (Lipinski definition) is 3. The molecular formula is C14H29N3. The van der Waals surface area contributed by atoms with E-state index in [4.69, 9.17) is 0 Å². The van der Waals surface area contributed by atoms with Crippen molar-refractivity contribution in [1.82, 2.24) is 15.1 Å². The number of likely N-dealkylation sites (N-methyl/N-ethyl adjacent to an activating group) is 2. The highest BCUT2D eigenvalue weighted by Crippen LogP contribution is 2.35. The average Bonchev–Trinajstić information content (AvgIpc) is 2.79. The molecule has 0 bridgehead atoms. The third-order valence-electron chi connectivity index (χ3n) is 4.91. The molecular weight excluding hydrogens is 210 g/mol. The molecule has 1 unspecified atom stereocenters. The molecule has 100 valence electrons. The molecule has 1 atom stereocenters. The molecule has 3 heteroatoms. The van der Waals surface area contributed by atoms with Gasteiger partial charge in [-0.1, -0.05) is 12.8 Å². The van der Waals surface area contributed by atoms with E-state index in [9.17, 15) is 0 Å². The highest BCUT2D eigenvalue weighted by Gasteiger charge is 2.38. The Morgan fingerprint density at radius 2 is 1.94 bits per heavy atom. The molecule has 1 heterocycles. The van der Waals surface area contributed by atoms with E-state index in [1.807, 2.05) is 0 Å². The Hall–Kier alpha value is -0.120. The van der Waals surface area contributed by atoms with Crippen molar-refractivity contribution >= 4 is 0 Å². The van der Waals surface area contributed by atoms with Crippen LogP contribution in [0, 0.1) is 0 Å². The van der Waals surface area contributed by atoms with Gasteiger partial charge in [-0.2, -0.15) is 0 Å². The van der Waals surface area contributed by atoms with E-state index in [-0.39, 0.29) is 0 Å². The highest BCUT2D eigenvalue weighted by molar-refractivity contribution is 4.96. The molecule has 1 saturated heterocycles. The zero-order chi connectivity index (χ0) is 12.3. The SMILES string of the molecule is CNC1CCCN(CC2(N(C)C)CCCC2)C1. The molecule has 0 radical (unpaired) electrons. The summed E-state index contributed by atoms with van der Waals surface area (Å²) in [4.78, 5) is 5.18. The van der Waals surface area contributed by atoms with Gasteiger partial charge in [0, 0.05) is 24.7 Å². The zero-order valence-corrected chi connectivity index (χ0v) is 11.8. The van der Waals surface area contributed by atoms with Crippen molar-refractivity contribution < 1.29 is 0 Å². The Balaban J connectivity index is 1.93. The summed E-state index contributed by atoms with van der Waals surface area (Å²) in [5.74, 6) is 0. The van der Waals surface area contributed by atoms with Gasteiger partial charge in [-0.3, -0.25) is 4.90 Å². The first-order valence-corrected chi connectivity index (χ1v) is 7.23. The van der Waals surface area contributed by atoms with E-state index in [2.05, 4.69) is 36.3 Å². The fourth-order valence-electron chi connectivity index (χ4n) is 3.63. The van der Waals surface area contributed by atoms with Crippen LogP contribution in [-0.4, -0.2) is 62.2 Å². The molecule has 1 N–H and O–H groups in total. The van der Waals surface area contributed by atoms with E-state index in [0.29, 0.717) is 11.6 Å². The van der Waals surface area contributed by atoms with Gasteiger partial charge in [0.15, 0.2) is 0 Å². The van der Waals surface area contributed by atoms with E-state index in [1.165, 1.54) is 58.2 Å². The molecule has 1 aliphatic heterocycles. The van der Waals surface area contributed by atoms with Crippen molar-refractivity contribution in [3.8, 4) is 0 Å². The summed E-state index contributed by atoms with van der Waals surface area (Å²) in [5, 5.41) is 3.45. The summed E-state index contributed by atoms with van der Waals surface area (Å²) in [6.07, 6.45) is 8.32. The first-order valence-electron chi connectivity index (χ1n) is 7.23. The summed E-state index contributed by atoms with van der Waals surface area (Å²) >= 11 is 0. The second-order valence-electron chi connectivity index (χ2n) is 6.19. The number of piperidine rings is 1. The second-order valence-corrected chi connectivity index (χ2v) is 6.19. The number of likely N-dealkylation sites (tertiary alicyclic amines) is 1. The molecule has 0 spiro atoms.